The number of hydrogen-bond donors (Lipinski definition) is 0. The van der Waals surface area contributed by atoms with E-state index >= 15 is 0 Å². The Morgan fingerprint density at radius 1 is 1.31 bits per heavy atom. The van der Waals surface area contributed by atoms with Gasteiger partial charge < -0.3 is 14.2 Å². The highest BCUT2D eigenvalue weighted by molar-refractivity contribution is 5.83. The number of ether oxygens (including phenoxy) is 3. The molecular weight excluding hydrogens is 336 g/mol. The first-order valence-corrected chi connectivity index (χ1v) is 9.81. The molecule has 144 valence electrons. The molecule has 0 amide bonds. The van der Waals surface area contributed by atoms with Gasteiger partial charge in [-0.25, -0.2) is 4.79 Å². The Morgan fingerprint density at radius 2 is 2.04 bits per heavy atom. The number of rotatable bonds is 7. The Morgan fingerprint density at radius 3 is 2.69 bits per heavy atom. The van der Waals surface area contributed by atoms with Crippen LogP contribution in [0.2, 0.25) is 0 Å². The lowest BCUT2D eigenvalue weighted by Gasteiger charge is -2.47. The molecule has 7 unspecified atom stereocenters. The molecule has 1 spiro atoms. The second-order valence-electron chi connectivity index (χ2n) is 9.24. The van der Waals surface area contributed by atoms with Gasteiger partial charge in [0, 0.05) is 11.3 Å². The average Bonchev–Trinajstić information content (AvgIpc) is 3.16. The van der Waals surface area contributed by atoms with E-state index in [2.05, 4.69) is 13.8 Å². The molecule has 4 fully saturated rings. The minimum absolute atomic E-state index is 0.0607. The third kappa shape index (κ3) is 2.26. The molecule has 0 N–H and O–H groups in total. The van der Waals surface area contributed by atoms with Crippen LogP contribution in [0, 0.1) is 34.5 Å². The van der Waals surface area contributed by atoms with Crippen LogP contribution in [0.15, 0.2) is 0 Å². The molecule has 4 rings (SSSR count). The van der Waals surface area contributed by atoms with E-state index in [9.17, 15) is 14.4 Å². The third-order valence-corrected chi connectivity index (χ3v) is 7.17. The molecule has 0 aromatic carbocycles. The molecule has 6 heteroatoms. The molecular formula is C20H28O6. The second-order valence-corrected chi connectivity index (χ2v) is 9.24. The summed E-state index contributed by atoms with van der Waals surface area (Å²) in [5, 5.41) is 0. The monoisotopic (exact) mass is 364 g/mol. The first-order valence-electron chi connectivity index (χ1n) is 9.81. The molecule has 26 heavy (non-hydrogen) atoms. The zero-order valence-electron chi connectivity index (χ0n) is 15.9. The van der Waals surface area contributed by atoms with Crippen molar-refractivity contribution in [3.8, 4) is 0 Å². The lowest BCUT2D eigenvalue weighted by molar-refractivity contribution is -0.202. The predicted octanol–water partition coefficient (Wildman–Crippen LogP) is 2.49. The van der Waals surface area contributed by atoms with Crippen LogP contribution in [0.3, 0.4) is 0 Å². The Balaban J connectivity index is 1.32. The van der Waals surface area contributed by atoms with Crippen LogP contribution in [0.1, 0.15) is 53.4 Å². The molecule has 7 atom stereocenters. The summed E-state index contributed by atoms with van der Waals surface area (Å²) in [7, 11) is 0. The quantitative estimate of drug-likeness (QED) is 0.510. The third-order valence-electron chi connectivity index (χ3n) is 7.17. The molecule has 3 saturated carbocycles. The molecule has 1 saturated heterocycles. The van der Waals surface area contributed by atoms with E-state index in [0.717, 1.165) is 19.3 Å². The fourth-order valence-corrected chi connectivity index (χ4v) is 6.00. The van der Waals surface area contributed by atoms with Gasteiger partial charge in [0.25, 0.3) is 0 Å². The molecule has 1 aliphatic heterocycles. The molecule has 1 heterocycles. The van der Waals surface area contributed by atoms with Crippen molar-refractivity contribution in [3.05, 3.63) is 0 Å². The van der Waals surface area contributed by atoms with Gasteiger partial charge in [0.2, 0.25) is 0 Å². The summed E-state index contributed by atoms with van der Waals surface area (Å²) >= 11 is 0. The van der Waals surface area contributed by atoms with Crippen molar-refractivity contribution in [1.29, 1.82) is 0 Å². The van der Waals surface area contributed by atoms with Crippen LogP contribution in [-0.4, -0.2) is 36.7 Å². The van der Waals surface area contributed by atoms with Gasteiger partial charge in [-0.05, 0) is 44.4 Å². The molecule has 4 aliphatic rings. The largest absolute Gasteiger partial charge is 0.458 e. The minimum Gasteiger partial charge on any atom is -0.458 e. The summed E-state index contributed by atoms with van der Waals surface area (Å²) in [4.78, 5) is 36.6. The smallest absolute Gasteiger partial charge is 0.344 e. The van der Waals surface area contributed by atoms with Gasteiger partial charge in [-0.3, -0.25) is 9.59 Å². The first kappa shape index (κ1) is 17.8. The number of hydrogen-bond acceptors (Lipinski definition) is 6. The molecule has 3 aliphatic carbocycles. The van der Waals surface area contributed by atoms with E-state index in [4.69, 9.17) is 14.2 Å². The normalized spacial score (nSPS) is 42.4. The van der Waals surface area contributed by atoms with Gasteiger partial charge in [-0.2, -0.15) is 0 Å². The highest BCUT2D eigenvalue weighted by atomic mass is 16.6. The Kier molecular flexibility index (Phi) is 3.90. The van der Waals surface area contributed by atoms with Crippen LogP contribution < -0.4 is 0 Å². The summed E-state index contributed by atoms with van der Waals surface area (Å²) in [6.07, 6.45) is 2.60. The molecule has 6 nitrogen and oxygen atoms in total. The molecule has 0 aromatic heterocycles. The van der Waals surface area contributed by atoms with Crippen LogP contribution in [-0.2, 0) is 28.6 Å². The van der Waals surface area contributed by atoms with Crippen LogP contribution in [0.25, 0.3) is 0 Å². The van der Waals surface area contributed by atoms with Gasteiger partial charge >= 0.3 is 17.9 Å². The van der Waals surface area contributed by atoms with E-state index in [-0.39, 0.29) is 48.0 Å². The Labute approximate surface area is 153 Å². The van der Waals surface area contributed by atoms with Gasteiger partial charge in [-0.1, -0.05) is 20.8 Å². The van der Waals surface area contributed by atoms with Crippen molar-refractivity contribution in [2.24, 2.45) is 34.5 Å². The topological polar surface area (TPSA) is 78.9 Å². The van der Waals surface area contributed by atoms with Crippen molar-refractivity contribution in [3.63, 3.8) is 0 Å². The zero-order chi connectivity index (χ0) is 18.9. The maximum atomic E-state index is 12.2. The van der Waals surface area contributed by atoms with Crippen molar-refractivity contribution in [2.45, 2.75) is 65.6 Å². The second kappa shape index (κ2) is 5.70. The van der Waals surface area contributed by atoms with Crippen LogP contribution in [0.4, 0.5) is 0 Å². The van der Waals surface area contributed by atoms with E-state index < -0.39 is 11.4 Å². The van der Waals surface area contributed by atoms with Crippen molar-refractivity contribution in [1.82, 2.24) is 0 Å². The predicted molar refractivity (Wildman–Crippen MR) is 90.7 cm³/mol. The summed E-state index contributed by atoms with van der Waals surface area (Å²) in [6.45, 7) is 7.67. The Hall–Kier alpha value is -1.59. The molecule has 0 aromatic rings. The van der Waals surface area contributed by atoms with Crippen molar-refractivity contribution >= 4 is 17.9 Å². The average molecular weight is 364 g/mol. The van der Waals surface area contributed by atoms with Gasteiger partial charge in [0.05, 0.1) is 11.3 Å². The summed E-state index contributed by atoms with van der Waals surface area (Å²) in [5.74, 6) is -0.186. The van der Waals surface area contributed by atoms with Gasteiger partial charge in [0.15, 0.2) is 6.61 Å². The first-order chi connectivity index (χ1) is 12.2. The molecule has 0 radical (unpaired) electrons. The van der Waals surface area contributed by atoms with Crippen LogP contribution >= 0.6 is 0 Å². The minimum atomic E-state index is -0.544. The standard InChI is InChI=1S/C20H28O6/c1-5-11(6-10(2)3)17(22)24-9-13(21)25-16-14-15-19(4,18(23)26-14)7-12-8-20(12,15)16/h10-12,14-16H,5-9H2,1-4H3. The number of carbonyl (C=O) groups is 3. The number of carbonyl (C=O) groups excluding carboxylic acids is 3. The maximum Gasteiger partial charge on any atom is 0.344 e. The van der Waals surface area contributed by atoms with Gasteiger partial charge in [0.1, 0.15) is 12.2 Å². The Bertz CT molecular complexity index is 657. The SMILES string of the molecule is CCC(CC(C)C)C(=O)OCC(=O)OC1C2OC(=O)C3(C)CC4CC41C23. The van der Waals surface area contributed by atoms with E-state index in [1.165, 1.54) is 0 Å². The lowest BCUT2D eigenvalue weighted by atomic mass is 9.59. The van der Waals surface area contributed by atoms with E-state index in [1.54, 1.807) is 0 Å². The fraction of sp³-hybridized carbons (Fsp3) is 0.850. The summed E-state index contributed by atoms with van der Waals surface area (Å²) in [5.41, 5.74) is -0.455. The van der Waals surface area contributed by atoms with Gasteiger partial charge in [-0.15, -0.1) is 0 Å². The zero-order valence-corrected chi connectivity index (χ0v) is 15.9. The highest BCUT2D eigenvalue weighted by Crippen LogP contribution is 2.84. The fourth-order valence-electron chi connectivity index (χ4n) is 6.00. The van der Waals surface area contributed by atoms with Crippen molar-refractivity contribution < 1.29 is 28.6 Å². The van der Waals surface area contributed by atoms with Crippen LogP contribution in [0.5, 0.6) is 0 Å². The molecule has 0 bridgehead atoms. The van der Waals surface area contributed by atoms with Crippen molar-refractivity contribution in [2.75, 3.05) is 6.61 Å². The lowest BCUT2D eigenvalue weighted by Crippen LogP contribution is -2.59. The van der Waals surface area contributed by atoms with E-state index in [0.29, 0.717) is 18.3 Å². The summed E-state index contributed by atoms with van der Waals surface area (Å²) < 4.78 is 16.3. The highest BCUT2D eigenvalue weighted by Gasteiger charge is 2.89. The van der Waals surface area contributed by atoms with E-state index in [1.807, 2.05) is 13.8 Å². The maximum absolute atomic E-state index is 12.2. The number of esters is 3. The summed E-state index contributed by atoms with van der Waals surface area (Å²) in [6, 6.07) is 0.